The molecule has 0 unspecified atom stereocenters. The molecule has 0 bridgehead atoms. The summed E-state index contributed by atoms with van der Waals surface area (Å²) in [5.41, 5.74) is 1.96. The van der Waals surface area contributed by atoms with Gasteiger partial charge in [-0.05, 0) is 49.9 Å². The van der Waals surface area contributed by atoms with Crippen LogP contribution in [0.15, 0.2) is 24.3 Å². The van der Waals surface area contributed by atoms with Crippen LogP contribution in [-0.2, 0) is 4.74 Å². The van der Waals surface area contributed by atoms with Gasteiger partial charge in [0, 0.05) is 18.8 Å². The van der Waals surface area contributed by atoms with Gasteiger partial charge in [0.1, 0.15) is 0 Å². The van der Waals surface area contributed by atoms with Crippen molar-refractivity contribution in [3.63, 3.8) is 0 Å². The summed E-state index contributed by atoms with van der Waals surface area (Å²) in [4.78, 5) is 2.40. The first-order valence-electron chi connectivity index (χ1n) is 8.26. The minimum atomic E-state index is 0.447. The summed E-state index contributed by atoms with van der Waals surface area (Å²) >= 11 is 0. The molecule has 112 valence electrons. The average Bonchev–Trinajstić information content (AvgIpc) is 2.57. The summed E-state index contributed by atoms with van der Waals surface area (Å²) in [7, 11) is 0. The highest BCUT2D eigenvalue weighted by Gasteiger charge is 2.24. The van der Waals surface area contributed by atoms with Crippen LogP contribution in [0.5, 0.6) is 0 Å². The molecule has 1 aliphatic carbocycles. The van der Waals surface area contributed by atoms with Crippen LogP contribution in [0.1, 0.15) is 50.5 Å². The van der Waals surface area contributed by atoms with E-state index in [0.717, 1.165) is 31.5 Å². The van der Waals surface area contributed by atoms with E-state index in [-0.39, 0.29) is 0 Å². The minimum absolute atomic E-state index is 0.447. The van der Waals surface area contributed by atoms with Crippen LogP contribution >= 0.6 is 0 Å². The van der Waals surface area contributed by atoms with Gasteiger partial charge in [-0.25, -0.2) is 0 Å². The normalized spacial score (nSPS) is 21.2. The summed E-state index contributed by atoms with van der Waals surface area (Å²) in [6.45, 7) is 2.12. The number of piperidine rings is 1. The quantitative estimate of drug-likeness (QED) is 0.845. The molecule has 1 heterocycles. The second kappa shape index (κ2) is 6.95. The fraction of sp³-hybridized carbons (Fsp3) is 0.611. The van der Waals surface area contributed by atoms with Gasteiger partial charge in [-0.2, -0.15) is 5.26 Å². The number of hydrogen-bond donors (Lipinski definition) is 0. The zero-order valence-corrected chi connectivity index (χ0v) is 12.6. The van der Waals surface area contributed by atoms with E-state index < -0.39 is 0 Å². The van der Waals surface area contributed by atoms with Crippen LogP contribution in [0.3, 0.4) is 0 Å². The Morgan fingerprint density at radius 1 is 0.905 bits per heavy atom. The second-order valence-corrected chi connectivity index (χ2v) is 6.24. The monoisotopic (exact) mass is 284 g/mol. The standard InChI is InChI=1S/C18H24N2O/c19-14-15-6-8-16(9-7-15)20-12-10-18(11-13-20)21-17-4-2-1-3-5-17/h6-9,17-18H,1-5,10-13H2. The number of rotatable bonds is 3. The molecule has 0 spiro atoms. The third kappa shape index (κ3) is 3.77. The molecule has 2 aliphatic rings. The Bertz CT molecular complexity index is 477. The molecule has 1 aromatic carbocycles. The SMILES string of the molecule is N#Cc1ccc(N2CCC(OC3CCCCC3)CC2)cc1. The minimum Gasteiger partial charge on any atom is -0.375 e. The molecule has 0 amide bonds. The van der Waals surface area contributed by atoms with Crippen LogP contribution in [0.25, 0.3) is 0 Å². The summed E-state index contributed by atoms with van der Waals surface area (Å²) in [5, 5.41) is 8.85. The lowest BCUT2D eigenvalue weighted by Gasteiger charge is -2.36. The van der Waals surface area contributed by atoms with E-state index in [2.05, 4.69) is 23.1 Å². The zero-order valence-electron chi connectivity index (χ0n) is 12.6. The van der Waals surface area contributed by atoms with Crippen LogP contribution in [0.4, 0.5) is 5.69 Å². The number of nitrogens with zero attached hydrogens (tertiary/aromatic N) is 2. The first kappa shape index (κ1) is 14.4. The van der Waals surface area contributed by atoms with Crippen molar-refractivity contribution in [2.45, 2.75) is 57.2 Å². The number of nitriles is 1. The lowest BCUT2D eigenvalue weighted by molar-refractivity contribution is -0.0395. The van der Waals surface area contributed by atoms with Gasteiger partial charge in [0.2, 0.25) is 0 Å². The first-order valence-corrected chi connectivity index (χ1v) is 8.26. The largest absolute Gasteiger partial charge is 0.375 e. The van der Waals surface area contributed by atoms with Crippen LogP contribution in [0.2, 0.25) is 0 Å². The predicted octanol–water partition coefficient (Wildman–Crippen LogP) is 3.88. The first-order chi connectivity index (χ1) is 10.3. The number of hydrogen-bond acceptors (Lipinski definition) is 3. The predicted molar refractivity (Wildman–Crippen MR) is 84.4 cm³/mol. The van der Waals surface area contributed by atoms with Crippen molar-refractivity contribution in [1.82, 2.24) is 0 Å². The van der Waals surface area contributed by atoms with Gasteiger partial charge in [0.25, 0.3) is 0 Å². The Labute approximate surface area is 127 Å². The molecule has 1 aromatic rings. The molecule has 3 rings (SSSR count). The van der Waals surface area contributed by atoms with Crippen molar-refractivity contribution in [2.24, 2.45) is 0 Å². The fourth-order valence-electron chi connectivity index (χ4n) is 3.47. The van der Waals surface area contributed by atoms with Crippen LogP contribution in [0, 0.1) is 11.3 Å². The van der Waals surface area contributed by atoms with Gasteiger partial charge in [-0.3, -0.25) is 0 Å². The molecule has 0 N–H and O–H groups in total. The highest BCUT2D eigenvalue weighted by molar-refractivity contribution is 5.49. The molecule has 1 saturated heterocycles. The van der Waals surface area contributed by atoms with Gasteiger partial charge in [0.05, 0.1) is 23.8 Å². The lowest BCUT2D eigenvalue weighted by Crippen LogP contribution is -2.38. The van der Waals surface area contributed by atoms with Gasteiger partial charge < -0.3 is 9.64 Å². The van der Waals surface area contributed by atoms with E-state index in [1.807, 2.05) is 12.1 Å². The molecule has 2 fully saturated rings. The summed E-state index contributed by atoms with van der Waals surface area (Å²) in [6, 6.07) is 10.1. The van der Waals surface area contributed by atoms with Crippen molar-refractivity contribution >= 4 is 5.69 Å². The smallest absolute Gasteiger partial charge is 0.0991 e. The average molecular weight is 284 g/mol. The van der Waals surface area contributed by atoms with E-state index in [4.69, 9.17) is 10.00 Å². The van der Waals surface area contributed by atoms with Crippen molar-refractivity contribution in [2.75, 3.05) is 18.0 Å². The van der Waals surface area contributed by atoms with Crippen molar-refractivity contribution in [3.8, 4) is 6.07 Å². The van der Waals surface area contributed by atoms with Crippen LogP contribution in [-0.4, -0.2) is 25.3 Å². The molecule has 1 saturated carbocycles. The zero-order chi connectivity index (χ0) is 14.5. The number of ether oxygens (including phenoxy) is 1. The van der Waals surface area contributed by atoms with E-state index in [1.165, 1.54) is 37.8 Å². The maximum Gasteiger partial charge on any atom is 0.0991 e. The Morgan fingerprint density at radius 2 is 1.52 bits per heavy atom. The summed E-state index contributed by atoms with van der Waals surface area (Å²) < 4.78 is 6.28. The van der Waals surface area contributed by atoms with Crippen molar-refractivity contribution in [1.29, 1.82) is 5.26 Å². The van der Waals surface area contributed by atoms with Gasteiger partial charge >= 0.3 is 0 Å². The maximum absolute atomic E-state index is 8.85. The molecule has 3 nitrogen and oxygen atoms in total. The molecule has 21 heavy (non-hydrogen) atoms. The van der Waals surface area contributed by atoms with Crippen molar-refractivity contribution < 1.29 is 4.74 Å². The van der Waals surface area contributed by atoms with E-state index in [1.54, 1.807) is 0 Å². The number of anilines is 1. The Hall–Kier alpha value is -1.53. The topological polar surface area (TPSA) is 36.3 Å². The molecule has 0 atom stereocenters. The fourth-order valence-corrected chi connectivity index (χ4v) is 3.47. The highest BCUT2D eigenvalue weighted by atomic mass is 16.5. The molecule has 0 radical (unpaired) electrons. The maximum atomic E-state index is 8.85. The van der Waals surface area contributed by atoms with E-state index >= 15 is 0 Å². The molecule has 1 aliphatic heterocycles. The molecular formula is C18H24N2O. The Morgan fingerprint density at radius 3 is 2.14 bits per heavy atom. The summed E-state index contributed by atoms with van der Waals surface area (Å²) in [6.07, 6.45) is 9.80. The van der Waals surface area contributed by atoms with Crippen LogP contribution < -0.4 is 4.90 Å². The highest BCUT2D eigenvalue weighted by Crippen LogP contribution is 2.26. The lowest BCUT2D eigenvalue weighted by atomic mass is 9.97. The van der Waals surface area contributed by atoms with Gasteiger partial charge in [-0.1, -0.05) is 19.3 Å². The van der Waals surface area contributed by atoms with Gasteiger partial charge in [0.15, 0.2) is 0 Å². The Balaban J connectivity index is 1.49. The third-order valence-corrected chi connectivity index (χ3v) is 4.74. The van der Waals surface area contributed by atoms with Crippen molar-refractivity contribution in [3.05, 3.63) is 29.8 Å². The molecule has 3 heteroatoms. The molecule has 0 aromatic heterocycles. The summed E-state index contributed by atoms with van der Waals surface area (Å²) in [5.74, 6) is 0. The second-order valence-electron chi connectivity index (χ2n) is 6.24. The van der Waals surface area contributed by atoms with E-state index in [0.29, 0.717) is 12.2 Å². The Kier molecular flexibility index (Phi) is 4.77. The van der Waals surface area contributed by atoms with Gasteiger partial charge in [-0.15, -0.1) is 0 Å². The molecular weight excluding hydrogens is 260 g/mol. The number of benzene rings is 1. The van der Waals surface area contributed by atoms with E-state index in [9.17, 15) is 0 Å². The third-order valence-electron chi connectivity index (χ3n) is 4.74.